The average Bonchev–Trinajstić information content (AvgIpc) is 2.27. The quantitative estimate of drug-likeness (QED) is 0.560. The fourth-order valence-corrected chi connectivity index (χ4v) is 2.34. The van der Waals surface area contributed by atoms with Gasteiger partial charge in [-0.1, -0.05) is 18.9 Å². The first-order chi connectivity index (χ1) is 8.13. The summed E-state index contributed by atoms with van der Waals surface area (Å²) >= 11 is 4.23. The molecule has 0 atom stereocenters. The number of aryl methyl sites for hydroxylation is 2. The van der Waals surface area contributed by atoms with Gasteiger partial charge in [-0.3, -0.25) is 0 Å². The number of anilines is 1. The first kappa shape index (κ1) is 14.4. The van der Waals surface area contributed by atoms with Gasteiger partial charge in [-0.25, -0.2) is 0 Å². The molecule has 0 heterocycles. The van der Waals surface area contributed by atoms with Crippen molar-refractivity contribution in [1.82, 2.24) is 0 Å². The molecule has 96 valence electrons. The van der Waals surface area contributed by atoms with Crippen LogP contribution in [-0.2, 0) is 0 Å². The molecule has 0 N–H and O–H groups in total. The zero-order valence-corrected chi connectivity index (χ0v) is 12.3. The maximum absolute atomic E-state index is 4.23. The van der Waals surface area contributed by atoms with Crippen LogP contribution < -0.4 is 4.90 Å². The highest BCUT2D eigenvalue weighted by Crippen LogP contribution is 2.18. The molecule has 0 saturated heterocycles. The zero-order chi connectivity index (χ0) is 12.7. The second-order valence-electron chi connectivity index (χ2n) is 4.91. The van der Waals surface area contributed by atoms with Crippen LogP contribution in [0.2, 0.25) is 0 Å². The van der Waals surface area contributed by atoms with Crippen LogP contribution in [0.1, 0.15) is 36.8 Å². The summed E-state index contributed by atoms with van der Waals surface area (Å²) in [5.74, 6) is 1.02. The van der Waals surface area contributed by atoms with E-state index in [0.29, 0.717) is 0 Å². The predicted molar refractivity (Wildman–Crippen MR) is 81.5 cm³/mol. The average molecular weight is 251 g/mol. The molecule has 1 rings (SSSR count). The predicted octanol–water partition coefficient (Wildman–Crippen LogP) is 4.23. The van der Waals surface area contributed by atoms with E-state index in [1.54, 1.807) is 0 Å². The molecule has 1 aromatic rings. The molecule has 0 saturated carbocycles. The minimum Gasteiger partial charge on any atom is -0.375 e. The van der Waals surface area contributed by atoms with Crippen LogP contribution in [0.25, 0.3) is 0 Å². The van der Waals surface area contributed by atoms with E-state index in [4.69, 9.17) is 0 Å². The van der Waals surface area contributed by atoms with Crippen LogP contribution in [0, 0.1) is 13.8 Å². The molecule has 1 nitrogen and oxygen atoms in total. The summed E-state index contributed by atoms with van der Waals surface area (Å²) in [7, 11) is 2.19. The number of unbranched alkanes of at least 4 members (excludes halogenated alkanes) is 3. The van der Waals surface area contributed by atoms with Crippen molar-refractivity contribution >= 4 is 18.3 Å². The Morgan fingerprint density at radius 2 is 1.53 bits per heavy atom. The Hall–Kier alpha value is -0.630. The lowest BCUT2D eigenvalue weighted by Crippen LogP contribution is -2.18. The van der Waals surface area contributed by atoms with Crippen LogP contribution in [0.5, 0.6) is 0 Å². The lowest BCUT2D eigenvalue weighted by molar-refractivity contribution is 0.664. The fourth-order valence-electron chi connectivity index (χ4n) is 2.11. The van der Waals surface area contributed by atoms with Gasteiger partial charge < -0.3 is 4.90 Å². The first-order valence-electron chi connectivity index (χ1n) is 6.54. The van der Waals surface area contributed by atoms with Gasteiger partial charge in [0.05, 0.1) is 0 Å². The van der Waals surface area contributed by atoms with E-state index < -0.39 is 0 Å². The molecule has 0 amide bonds. The van der Waals surface area contributed by atoms with Crippen molar-refractivity contribution in [1.29, 1.82) is 0 Å². The van der Waals surface area contributed by atoms with E-state index in [1.165, 1.54) is 42.5 Å². The molecular weight excluding hydrogens is 226 g/mol. The van der Waals surface area contributed by atoms with Crippen molar-refractivity contribution < 1.29 is 0 Å². The van der Waals surface area contributed by atoms with Crippen molar-refractivity contribution in [2.45, 2.75) is 39.5 Å². The van der Waals surface area contributed by atoms with Gasteiger partial charge in [0.2, 0.25) is 0 Å². The Balaban J connectivity index is 2.38. The van der Waals surface area contributed by atoms with Gasteiger partial charge >= 0.3 is 0 Å². The number of hydrogen-bond donors (Lipinski definition) is 1. The minimum atomic E-state index is 1.02. The molecule has 0 unspecified atom stereocenters. The van der Waals surface area contributed by atoms with Crippen molar-refractivity contribution in [3.63, 3.8) is 0 Å². The van der Waals surface area contributed by atoms with E-state index in [1.807, 2.05) is 0 Å². The molecule has 0 aliphatic carbocycles. The summed E-state index contributed by atoms with van der Waals surface area (Å²) in [5, 5.41) is 0. The highest BCUT2D eigenvalue weighted by molar-refractivity contribution is 7.80. The number of hydrogen-bond acceptors (Lipinski definition) is 2. The lowest BCUT2D eigenvalue weighted by Gasteiger charge is -2.20. The molecule has 0 aromatic heterocycles. The summed E-state index contributed by atoms with van der Waals surface area (Å²) in [4.78, 5) is 2.36. The number of rotatable bonds is 7. The van der Waals surface area contributed by atoms with Gasteiger partial charge in [0.1, 0.15) is 0 Å². The summed E-state index contributed by atoms with van der Waals surface area (Å²) in [5.41, 5.74) is 4.04. The van der Waals surface area contributed by atoms with Crippen LogP contribution in [-0.4, -0.2) is 19.3 Å². The summed E-state index contributed by atoms with van der Waals surface area (Å²) in [6.07, 6.45) is 5.15. The summed E-state index contributed by atoms with van der Waals surface area (Å²) in [6.45, 7) is 5.48. The van der Waals surface area contributed by atoms with Crippen LogP contribution in [0.3, 0.4) is 0 Å². The fraction of sp³-hybridized carbons (Fsp3) is 0.600. The Labute approximate surface area is 112 Å². The second-order valence-corrected chi connectivity index (χ2v) is 5.35. The topological polar surface area (TPSA) is 3.24 Å². The van der Waals surface area contributed by atoms with E-state index in [2.05, 4.69) is 56.6 Å². The van der Waals surface area contributed by atoms with Crippen LogP contribution in [0.4, 0.5) is 5.69 Å². The standard InChI is InChI=1S/C15H25NS/c1-13-10-14(2)12-15(11-13)16(3)8-6-4-5-7-9-17/h10-12,17H,4-9H2,1-3H3. The SMILES string of the molecule is Cc1cc(C)cc(N(C)CCCCCCS)c1. The lowest BCUT2D eigenvalue weighted by atomic mass is 10.1. The van der Waals surface area contributed by atoms with Gasteiger partial charge in [-0.2, -0.15) is 12.6 Å². The van der Waals surface area contributed by atoms with Gasteiger partial charge in [0.15, 0.2) is 0 Å². The summed E-state index contributed by atoms with van der Waals surface area (Å²) < 4.78 is 0. The minimum absolute atomic E-state index is 1.02. The molecule has 2 heteroatoms. The largest absolute Gasteiger partial charge is 0.375 e. The van der Waals surface area contributed by atoms with Gasteiger partial charge in [0.25, 0.3) is 0 Å². The molecular formula is C15H25NS. The smallest absolute Gasteiger partial charge is 0.0368 e. The summed E-state index contributed by atoms with van der Waals surface area (Å²) in [6, 6.07) is 6.76. The van der Waals surface area contributed by atoms with E-state index in [9.17, 15) is 0 Å². The zero-order valence-electron chi connectivity index (χ0n) is 11.4. The molecule has 0 aliphatic rings. The van der Waals surface area contributed by atoms with Gasteiger partial charge in [-0.05, 0) is 55.7 Å². The molecule has 0 bridgehead atoms. The third kappa shape index (κ3) is 5.49. The van der Waals surface area contributed by atoms with Crippen LogP contribution in [0.15, 0.2) is 18.2 Å². The third-order valence-electron chi connectivity index (χ3n) is 3.05. The van der Waals surface area contributed by atoms with Gasteiger partial charge in [0, 0.05) is 19.3 Å². The second kappa shape index (κ2) is 7.65. The van der Waals surface area contributed by atoms with Gasteiger partial charge in [-0.15, -0.1) is 0 Å². The molecule has 0 spiro atoms. The molecule has 0 fully saturated rings. The number of nitrogens with zero attached hydrogens (tertiary/aromatic N) is 1. The molecule has 17 heavy (non-hydrogen) atoms. The molecule has 1 aromatic carbocycles. The first-order valence-corrected chi connectivity index (χ1v) is 7.17. The number of thiol groups is 1. The number of benzene rings is 1. The van der Waals surface area contributed by atoms with Crippen molar-refractivity contribution in [2.75, 3.05) is 24.2 Å². The third-order valence-corrected chi connectivity index (χ3v) is 3.37. The maximum atomic E-state index is 4.23. The highest BCUT2D eigenvalue weighted by atomic mass is 32.1. The van der Waals surface area contributed by atoms with Crippen molar-refractivity contribution in [3.8, 4) is 0 Å². The molecule has 0 radical (unpaired) electrons. The van der Waals surface area contributed by atoms with Crippen molar-refractivity contribution in [3.05, 3.63) is 29.3 Å². The monoisotopic (exact) mass is 251 g/mol. The Morgan fingerprint density at radius 1 is 0.941 bits per heavy atom. The van der Waals surface area contributed by atoms with E-state index in [-0.39, 0.29) is 0 Å². The highest BCUT2D eigenvalue weighted by Gasteiger charge is 2.02. The molecule has 0 aliphatic heterocycles. The van der Waals surface area contributed by atoms with E-state index in [0.717, 1.165) is 12.3 Å². The Kier molecular flexibility index (Phi) is 6.49. The van der Waals surface area contributed by atoms with Crippen molar-refractivity contribution in [2.24, 2.45) is 0 Å². The maximum Gasteiger partial charge on any atom is 0.0368 e. The Morgan fingerprint density at radius 3 is 2.12 bits per heavy atom. The Bertz CT molecular complexity index is 315. The van der Waals surface area contributed by atoms with E-state index >= 15 is 0 Å². The normalized spacial score (nSPS) is 10.6. The van der Waals surface area contributed by atoms with Crippen LogP contribution >= 0.6 is 12.6 Å².